The van der Waals surface area contributed by atoms with Crippen molar-refractivity contribution in [3.8, 4) is 0 Å². The summed E-state index contributed by atoms with van der Waals surface area (Å²) >= 11 is 0. The van der Waals surface area contributed by atoms with Crippen LogP contribution in [0.5, 0.6) is 0 Å². The third-order valence-electron chi connectivity index (χ3n) is 3.39. The summed E-state index contributed by atoms with van der Waals surface area (Å²) in [4.78, 5) is 0. The number of aromatic nitrogens is 3. The Hall–Kier alpha value is -0.910. The molecule has 0 bridgehead atoms. The van der Waals surface area contributed by atoms with Crippen LogP contribution >= 0.6 is 0 Å². The first-order valence-corrected chi connectivity index (χ1v) is 8.50. The van der Waals surface area contributed by atoms with Crippen molar-refractivity contribution >= 4 is 9.84 Å². The molecule has 2 heterocycles. The second-order valence-corrected chi connectivity index (χ2v) is 7.39. The van der Waals surface area contributed by atoms with Gasteiger partial charge < -0.3 is 0 Å². The van der Waals surface area contributed by atoms with Gasteiger partial charge in [0, 0.05) is 12.7 Å². The molecule has 18 heavy (non-hydrogen) atoms. The van der Waals surface area contributed by atoms with Crippen LogP contribution in [-0.2, 0) is 22.8 Å². The molecule has 102 valence electrons. The Balaban J connectivity index is 1.83. The Kier molecular flexibility index (Phi) is 4.37. The summed E-state index contributed by atoms with van der Waals surface area (Å²) in [6.45, 7) is 2.86. The summed E-state index contributed by atoms with van der Waals surface area (Å²) in [5, 5.41) is 8.21. The topological polar surface area (TPSA) is 64.8 Å². The average molecular weight is 271 g/mol. The largest absolute Gasteiger partial charge is 0.252 e. The van der Waals surface area contributed by atoms with E-state index in [4.69, 9.17) is 0 Å². The molecule has 0 unspecified atom stereocenters. The van der Waals surface area contributed by atoms with Gasteiger partial charge in [0.1, 0.15) is 0 Å². The number of rotatable bonds is 6. The minimum absolute atomic E-state index is 0.209. The standard InChI is InChI=1S/C12H21N3O2S/c1-2-3-4-5-12-9-15(14-13-12)8-11-6-7-18(16,17)10-11/h9,11H,2-8,10H2,1H3/t11-/m1/s1. The van der Waals surface area contributed by atoms with Crippen LogP contribution in [0.15, 0.2) is 6.20 Å². The van der Waals surface area contributed by atoms with Crippen molar-refractivity contribution in [1.29, 1.82) is 0 Å². The normalized spacial score (nSPS) is 22.4. The van der Waals surface area contributed by atoms with E-state index in [2.05, 4.69) is 17.2 Å². The van der Waals surface area contributed by atoms with E-state index in [1.807, 2.05) is 6.20 Å². The molecule has 0 aromatic carbocycles. The van der Waals surface area contributed by atoms with Gasteiger partial charge in [0.2, 0.25) is 0 Å². The molecular weight excluding hydrogens is 250 g/mol. The molecule has 0 aliphatic carbocycles. The number of unbranched alkanes of at least 4 members (excludes halogenated alkanes) is 2. The van der Waals surface area contributed by atoms with Crippen molar-refractivity contribution in [1.82, 2.24) is 15.0 Å². The number of nitrogens with zero attached hydrogens (tertiary/aromatic N) is 3. The van der Waals surface area contributed by atoms with Gasteiger partial charge in [0.05, 0.1) is 17.2 Å². The van der Waals surface area contributed by atoms with E-state index in [1.54, 1.807) is 4.68 Å². The molecule has 0 saturated carbocycles. The van der Waals surface area contributed by atoms with Gasteiger partial charge in [-0.25, -0.2) is 8.42 Å². The van der Waals surface area contributed by atoms with Crippen molar-refractivity contribution in [2.75, 3.05) is 11.5 Å². The third kappa shape index (κ3) is 3.80. The fourth-order valence-electron chi connectivity index (χ4n) is 2.38. The Labute approximate surface area is 108 Å². The molecular formula is C12H21N3O2S. The predicted molar refractivity (Wildman–Crippen MR) is 70.0 cm³/mol. The molecule has 2 rings (SSSR count). The van der Waals surface area contributed by atoms with Crippen molar-refractivity contribution in [2.24, 2.45) is 5.92 Å². The number of aryl methyl sites for hydroxylation is 1. The molecule has 0 N–H and O–H groups in total. The lowest BCUT2D eigenvalue weighted by Crippen LogP contribution is -2.12. The molecule has 1 aromatic rings. The van der Waals surface area contributed by atoms with E-state index in [0.717, 1.165) is 25.0 Å². The Morgan fingerprint density at radius 2 is 2.28 bits per heavy atom. The monoisotopic (exact) mass is 271 g/mol. The van der Waals surface area contributed by atoms with Crippen LogP contribution in [0, 0.1) is 5.92 Å². The quantitative estimate of drug-likeness (QED) is 0.734. The highest BCUT2D eigenvalue weighted by Crippen LogP contribution is 2.19. The molecule has 0 amide bonds. The molecule has 1 aliphatic rings. The van der Waals surface area contributed by atoms with E-state index in [1.165, 1.54) is 12.8 Å². The zero-order chi connectivity index (χ0) is 13.0. The summed E-state index contributed by atoms with van der Waals surface area (Å²) in [5.74, 6) is 0.841. The maximum atomic E-state index is 11.4. The Bertz CT molecular complexity index is 481. The van der Waals surface area contributed by atoms with Gasteiger partial charge in [0.15, 0.2) is 9.84 Å². The fraction of sp³-hybridized carbons (Fsp3) is 0.833. The van der Waals surface area contributed by atoms with Crippen molar-refractivity contribution < 1.29 is 8.42 Å². The molecule has 1 atom stereocenters. The van der Waals surface area contributed by atoms with E-state index < -0.39 is 9.84 Å². The lowest BCUT2D eigenvalue weighted by molar-refractivity contribution is 0.448. The molecule has 5 nitrogen and oxygen atoms in total. The van der Waals surface area contributed by atoms with Gasteiger partial charge in [0.25, 0.3) is 0 Å². The maximum absolute atomic E-state index is 11.4. The highest BCUT2D eigenvalue weighted by atomic mass is 32.2. The summed E-state index contributed by atoms with van der Waals surface area (Å²) in [6.07, 6.45) is 7.25. The maximum Gasteiger partial charge on any atom is 0.150 e. The smallest absolute Gasteiger partial charge is 0.150 e. The molecule has 1 saturated heterocycles. The zero-order valence-corrected chi connectivity index (χ0v) is 11.7. The van der Waals surface area contributed by atoms with Crippen molar-refractivity contribution in [2.45, 2.75) is 45.6 Å². The first-order chi connectivity index (χ1) is 8.59. The van der Waals surface area contributed by atoms with Crippen molar-refractivity contribution in [3.05, 3.63) is 11.9 Å². The first kappa shape index (κ1) is 13.5. The molecule has 6 heteroatoms. The third-order valence-corrected chi connectivity index (χ3v) is 5.23. The highest BCUT2D eigenvalue weighted by Gasteiger charge is 2.28. The van der Waals surface area contributed by atoms with Crippen LogP contribution in [-0.4, -0.2) is 34.9 Å². The van der Waals surface area contributed by atoms with E-state index in [9.17, 15) is 8.42 Å². The van der Waals surface area contributed by atoms with Gasteiger partial charge in [-0.05, 0) is 25.2 Å². The van der Waals surface area contributed by atoms with Crippen LogP contribution in [0.2, 0.25) is 0 Å². The fourth-order valence-corrected chi connectivity index (χ4v) is 4.23. The lowest BCUT2D eigenvalue weighted by atomic mass is 10.1. The predicted octanol–water partition coefficient (Wildman–Crippen LogP) is 1.45. The van der Waals surface area contributed by atoms with Crippen LogP contribution in [0.1, 0.15) is 38.3 Å². The van der Waals surface area contributed by atoms with Crippen LogP contribution in [0.25, 0.3) is 0 Å². The van der Waals surface area contributed by atoms with E-state index in [-0.39, 0.29) is 5.92 Å². The minimum Gasteiger partial charge on any atom is -0.252 e. The zero-order valence-electron chi connectivity index (χ0n) is 10.9. The number of hydrogen-bond acceptors (Lipinski definition) is 4. The van der Waals surface area contributed by atoms with E-state index >= 15 is 0 Å². The highest BCUT2D eigenvalue weighted by molar-refractivity contribution is 7.91. The first-order valence-electron chi connectivity index (χ1n) is 6.68. The summed E-state index contributed by atoms with van der Waals surface area (Å²) in [6, 6.07) is 0. The summed E-state index contributed by atoms with van der Waals surface area (Å²) in [5.41, 5.74) is 1.02. The lowest BCUT2D eigenvalue weighted by Gasteiger charge is -2.05. The SMILES string of the molecule is CCCCCc1cn(C[C@H]2CCS(=O)(=O)C2)nn1. The molecule has 1 fully saturated rings. The molecule has 0 radical (unpaired) electrons. The van der Waals surface area contributed by atoms with E-state index in [0.29, 0.717) is 18.1 Å². The van der Waals surface area contributed by atoms with Gasteiger partial charge in [-0.2, -0.15) is 0 Å². The molecule has 1 aliphatic heterocycles. The second kappa shape index (κ2) is 5.82. The molecule has 1 aromatic heterocycles. The Morgan fingerprint density at radius 3 is 2.94 bits per heavy atom. The van der Waals surface area contributed by atoms with Crippen LogP contribution < -0.4 is 0 Å². The second-order valence-electron chi connectivity index (χ2n) is 5.16. The number of sulfone groups is 1. The summed E-state index contributed by atoms with van der Waals surface area (Å²) < 4.78 is 24.5. The molecule has 0 spiro atoms. The van der Waals surface area contributed by atoms with Gasteiger partial charge in [-0.1, -0.05) is 25.0 Å². The number of hydrogen-bond donors (Lipinski definition) is 0. The van der Waals surface area contributed by atoms with Crippen LogP contribution in [0.4, 0.5) is 0 Å². The van der Waals surface area contributed by atoms with Crippen molar-refractivity contribution in [3.63, 3.8) is 0 Å². The van der Waals surface area contributed by atoms with Gasteiger partial charge in [-0.15, -0.1) is 5.10 Å². The average Bonchev–Trinajstić information content (AvgIpc) is 2.87. The van der Waals surface area contributed by atoms with Gasteiger partial charge >= 0.3 is 0 Å². The summed E-state index contributed by atoms with van der Waals surface area (Å²) in [7, 11) is -2.79. The van der Waals surface area contributed by atoms with Gasteiger partial charge in [-0.3, -0.25) is 4.68 Å². The van der Waals surface area contributed by atoms with Crippen LogP contribution in [0.3, 0.4) is 0 Å². The Morgan fingerprint density at radius 1 is 1.44 bits per heavy atom. The minimum atomic E-state index is -2.79.